The number of hydrogen-bond donors (Lipinski definition) is 3. The minimum atomic E-state index is 0.0182. The van der Waals surface area contributed by atoms with Crippen molar-refractivity contribution in [1.82, 2.24) is 20.3 Å². The van der Waals surface area contributed by atoms with Crippen molar-refractivity contribution in [3.63, 3.8) is 0 Å². The number of halogens is 1. The van der Waals surface area contributed by atoms with Gasteiger partial charge in [0.1, 0.15) is 22.4 Å². The zero-order chi connectivity index (χ0) is 22.0. The van der Waals surface area contributed by atoms with Crippen LogP contribution in [0.25, 0.3) is 22.2 Å². The number of carbonyl (C=O) groups is 1. The first kappa shape index (κ1) is 21.4. The average Bonchev–Trinajstić information content (AvgIpc) is 3.17. The highest BCUT2D eigenvalue weighted by Gasteiger charge is 2.23. The highest BCUT2D eigenvalue weighted by molar-refractivity contribution is 6.29. The molecule has 0 saturated heterocycles. The van der Waals surface area contributed by atoms with E-state index in [1.54, 1.807) is 13.3 Å². The van der Waals surface area contributed by atoms with Crippen molar-refractivity contribution in [3.05, 3.63) is 35.7 Å². The lowest BCUT2D eigenvalue weighted by molar-refractivity contribution is -0.124. The van der Waals surface area contributed by atoms with E-state index in [-0.39, 0.29) is 17.9 Å². The van der Waals surface area contributed by atoms with E-state index in [2.05, 4.69) is 25.6 Å². The van der Waals surface area contributed by atoms with Crippen molar-refractivity contribution in [3.8, 4) is 16.9 Å². The Morgan fingerprint density at radius 2 is 1.94 bits per heavy atom. The molecule has 3 aromatic rings. The molecule has 1 fully saturated rings. The first-order valence-electron chi connectivity index (χ1n) is 10.7. The first-order valence-corrected chi connectivity index (χ1v) is 11.1. The topological polar surface area (TPSA) is 91.9 Å². The molecular weight excluding hydrogens is 414 g/mol. The number of ether oxygens (including phenoxy) is 1. The molecule has 0 atom stereocenters. The van der Waals surface area contributed by atoms with Crippen LogP contribution in [0.1, 0.15) is 39.5 Å². The Morgan fingerprint density at radius 3 is 2.65 bits per heavy atom. The molecule has 1 aliphatic rings. The molecule has 164 valence electrons. The van der Waals surface area contributed by atoms with Crippen LogP contribution in [0.4, 0.5) is 5.82 Å². The Morgan fingerprint density at radius 1 is 1.19 bits per heavy atom. The minimum Gasteiger partial charge on any atom is -0.495 e. The number of rotatable bonds is 6. The molecule has 4 rings (SSSR count). The van der Waals surface area contributed by atoms with Gasteiger partial charge in [0.25, 0.3) is 0 Å². The predicted octanol–water partition coefficient (Wildman–Crippen LogP) is 4.78. The van der Waals surface area contributed by atoms with E-state index in [0.717, 1.165) is 53.7 Å². The number of hydrogen-bond acceptors (Lipinski definition) is 5. The first-order chi connectivity index (χ1) is 14.9. The fraction of sp³-hybridized carbons (Fsp3) is 0.435. The summed E-state index contributed by atoms with van der Waals surface area (Å²) < 4.78 is 5.32. The lowest BCUT2D eigenvalue weighted by Crippen LogP contribution is -2.41. The average molecular weight is 442 g/mol. The molecular formula is C23H28ClN5O2. The lowest BCUT2D eigenvalue weighted by atomic mass is 9.90. The summed E-state index contributed by atoms with van der Waals surface area (Å²) in [6.07, 6.45) is 7.47. The van der Waals surface area contributed by atoms with Crippen LogP contribution in [0.5, 0.6) is 5.75 Å². The maximum absolute atomic E-state index is 11.9. The van der Waals surface area contributed by atoms with Crippen molar-refractivity contribution >= 4 is 34.4 Å². The van der Waals surface area contributed by atoms with Crippen molar-refractivity contribution in [1.29, 1.82) is 0 Å². The third kappa shape index (κ3) is 4.93. The molecule has 0 spiro atoms. The summed E-state index contributed by atoms with van der Waals surface area (Å²) in [5.74, 6) is 1.60. The van der Waals surface area contributed by atoms with Crippen LogP contribution in [0.3, 0.4) is 0 Å². The van der Waals surface area contributed by atoms with E-state index in [1.807, 2.05) is 38.2 Å². The smallest absolute Gasteiger partial charge is 0.222 e. The molecule has 3 aromatic heterocycles. The normalized spacial score (nSPS) is 18.9. The summed E-state index contributed by atoms with van der Waals surface area (Å²) in [4.78, 5) is 24.0. The number of nitrogens with zero attached hydrogens (tertiary/aromatic N) is 2. The summed E-state index contributed by atoms with van der Waals surface area (Å²) in [5.41, 5.74) is 2.75. The van der Waals surface area contributed by atoms with Crippen LogP contribution in [0.15, 0.2) is 30.6 Å². The molecule has 0 aliphatic heterocycles. The molecule has 8 heteroatoms. The second-order valence-electron chi connectivity index (χ2n) is 8.39. The molecule has 1 saturated carbocycles. The van der Waals surface area contributed by atoms with Gasteiger partial charge in [-0.05, 0) is 49.4 Å². The van der Waals surface area contributed by atoms with Gasteiger partial charge < -0.3 is 20.4 Å². The van der Waals surface area contributed by atoms with E-state index in [0.29, 0.717) is 16.9 Å². The number of aromatic amines is 1. The highest BCUT2D eigenvalue weighted by atomic mass is 35.5. The quantitative estimate of drug-likeness (QED) is 0.478. The Balaban J connectivity index is 1.48. The Labute approximate surface area is 187 Å². The number of nitrogens with one attached hydrogen (secondary N) is 3. The molecule has 0 unspecified atom stereocenters. The second-order valence-corrected chi connectivity index (χ2v) is 8.78. The summed E-state index contributed by atoms with van der Waals surface area (Å²) in [6.45, 7) is 3.84. The highest BCUT2D eigenvalue weighted by Crippen LogP contribution is 2.33. The molecule has 7 nitrogen and oxygen atoms in total. The standard InChI is InChI=1S/C23H28ClN5O2/c1-13(2)23(30)28-16-6-4-15(5-7-16)27-21-9-14(8-20(24)29-21)19-12-26-22-18(19)10-17(31-3)11-25-22/h8-13,15-16H,4-7H2,1-3H3,(H,25,26)(H,27,29)(H,28,30). The fourth-order valence-electron chi connectivity index (χ4n) is 4.02. The monoisotopic (exact) mass is 441 g/mol. The van der Waals surface area contributed by atoms with E-state index in [9.17, 15) is 4.79 Å². The van der Waals surface area contributed by atoms with Gasteiger partial charge in [-0.3, -0.25) is 4.79 Å². The number of anilines is 1. The van der Waals surface area contributed by atoms with E-state index in [4.69, 9.17) is 16.3 Å². The van der Waals surface area contributed by atoms with Gasteiger partial charge in [0.2, 0.25) is 5.91 Å². The van der Waals surface area contributed by atoms with Gasteiger partial charge in [-0.2, -0.15) is 0 Å². The van der Waals surface area contributed by atoms with Crippen molar-refractivity contribution in [2.45, 2.75) is 51.6 Å². The molecule has 1 aliphatic carbocycles. The zero-order valence-electron chi connectivity index (χ0n) is 18.0. The Hall–Kier alpha value is -2.80. The third-order valence-corrected chi connectivity index (χ3v) is 5.99. The second kappa shape index (κ2) is 9.14. The molecule has 0 bridgehead atoms. The SMILES string of the molecule is COc1cnc2[nH]cc(-c3cc(Cl)nc(NC4CCC(NC(=O)C(C)C)CC4)c3)c2c1. The Bertz CT molecular complexity index is 1070. The van der Waals surface area contributed by atoms with E-state index < -0.39 is 0 Å². The molecule has 0 aromatic carbocycles. The molecule has 3 heterocycles. The van der Waals surface area contributed by atoms with Crippen molar-refractivity contribution in [2.75, 3.05) is 12.4 Å². The van der Waals surface area contributed by atoms with Crippen LogP contribution in [-0.2, 0) is 4.79 Å². The largest absolute Gasteiger partial charge is 0.495 e. The summed E-state index contributed by atoms with van der Waals surface area (Å²) >= 11 is 6.36. The lowest BCUT2D eigenvalue weighted by Gasteiger charge is -2.30. The van der Waals surface area contributed by atoms with Crippen molar-refractivity contribution < 1.29 is 9.53 Å². The van der Waals surface area contributed by atoms with Crippen LogP contribution in [0, 0.1) is 5.92 Å². The van der Waals surface area contributed by atoms with Gasteiger partial charge in [-0.15, -0.1) is 0 Å². The van der Waals surface area contributed by atoms with Gasteiger partial charge >= 0.3 is 0 Å². The van der Waals surface area contributed by atoms with Gasteiger partial charge in [0.15, 0.2) is 0 Å². The molecule has 3 N–H and O–H groups in total. The van der Waals surface area contributed by atoms with Crippen LogP contribution >= 0.6 is 11.6 Å². The van der Waals surface area contributed by atoms with Crippen molar-refractivity contribution in [2.24, 2.45) is 5.92 Å². The van der Waals surface area contributed by atoms with E-state index in [1.165, 1.54) is 0 Å². The number of H-pyrrole nitrogens is 1. The van der Waals surface area contributed by atoms with Crippen LogP contribution in [0.2, 0.25) is 5.15 Å². The maximum atomic E-state index is 11.9. The van der Waals surface area contributed by atoms with E-state index >= 15 is 0 Å². The van der Waals surface area contributed by atoms with Crippen LogP contribution < -0.4 is 15.4 Å². The Kier molecular flexibility index (Phi) is 6.32. The number of amides is 1. The van der Waals surface area contributed by atoms with Gasteiger partial charge in [-0.25, -0.2) is 9.97 Å². The van der Waals surface area contributed by atoms with Gasteiger partial charge in [-0.1, -0.05) is 25.4 Å². The van der Waals surface area contributed by atoms with Crippen LogP contribution in [-0.4, -0.2) is 40.1 Å². The number of methoxy groups -OCH3 is 1. The number of fused-ring (bicyclic) bond motifs is 1. The summed E-state index contributed by atoms with van der Waals surface area (Å²) in [5, 5.41) is 8.08. The maximum Gasteiger partial charge on any atom is 0.222 e. The number of pyridine rings is 2. The number of carbonyl (C=O) groups excluding carboxylic acids is 1. The number of aromatic nitrogens is 3. The summed E-state index contributed by atoms with van der Waals surface area (Å²) in [7, 11) is 1.63. The van der Waals surface area contributed by atoms with Gasteiger partial charge in [0, 0.05) is 35.1 Å². The third-order valence-electron chi connectivity index (χ3n) is 5.80. The predicted molar refractivity (Wildman–Crippen MR) is 124 cm³/mol. The minimum absolute atomic E-state index is 0.0182. The summed E-state index contributed by atoms with van der Waals surface area (Å²) in [6, 6.07) is 6.39. The zero-order valence-corrected chi connectivity index (χ0v) is 18.8. The fourth-order valence-corrected chi connectivity index (χ4v) is 4.23. The molecule has 1 amide bonds. The molecule has 0 radical (unpaired) electrons. The molecule has 31 heavy (non-hydrogen) atoms. The van der Waals surface area contributed by atoms with Gasteiger partial charge in [0.05, 0.1) is 13.3 Å².